The number of methoxy groups -OCH3 is 2. The van der Waals surface area contributed by atoms with Gasteiger partial charge in [0.2, 0.25) is 0 Å². The lowest BCUT2D eigenvalue weighted by molar-refractivity contribution is 0.0587. The summed E-state index contributed by atoms with van der Waals surface area (Å²) in [5.41, 5.74) is 8.62. The minimum absolute atomic E-state index is 0.0622. The summed E-state index contributed by atoms with van der Waals surface area (Å²) in [5.74, 6) is 0.929. The highest BCUT2D eigenvalue weighted by atomic mass is 35.5. The minimum atomic E-state index is -0.471. The molecule has 1 aliphatic heterocycles. The smallest absolute Gasteiger partial charge is 0.354 e. The molecule has 0 amide bonds. The van der Waals surface area contributed by atoms with Crippen LogP contribution in [0.1, 0.15) is 50.8 Å². The number of aryl methyl sites for hydroxylation is 5. The third kappa shape index (κ3) is 7.84. The van der Waals surface area contributed by atoms with Gasteiger partial charge in [-0.2, -0.15) is 10.2 Å². The summed E-state index contributed by atoms with van der Waals surface area (Å²) >= 11 is 15.1. The number of benzene rings is 3. The normalized spacial score (nSPS) is 13.9. The molecular weight excluding hydrogens is 764 g/mol. The highest BCUT2D eigenvalue weighted by Gasteiger charge is 2.28. The maximum Gasteiger partial charge on any atom is 0.354 e. The lowest BCUT2D eigenvalue weighted by Crippen LogP contribution is -2.13. The topological polar surface area (TPSA) is 94.6 Å². The quantitative estimate of drug-likeness (QED) is 0.117. The lowest BCUT2D eigenvalue weighted by Gasteiger charge is -2.15. The molecule has 3 aromatic heterocycles. The predicted octanol–water partition coefficient (Wildman–Crippen LogP) is 8.90. The number of rotatable bonds is 7. The van der Waals surface area contributed by atoms with Gasteiger partial charge in [0.15, 0.2) is 0 Å². The van der Waals surface area contributed by atoms with Crippen LogP contribution in [0.25, 0.3) is 32.8 Å². The second kappa shape index (κ2) is 17.0. The number of hydrogen-bond acceptors (Lipinski definition) is 8. The summed E-state index contributed by atoms with van der Waals surface area (Å²) in [5, 5.41) is 12.5. The highest BCUT2D eigenvalue weighted by molar-refractivity contribution is 7.97. The van der Waals surface area contributed by atoms with Gasteiger partial charge in [0.25, 0.3) is 0 Å². The fourth-order valence-electron chi connectivity index (χ4n) is 7.56. The zero-order valence-electron chi connectivity index (χ0n) is 31.6. The van der Waals surface area contributed by atoms with Gasteiger partial charge < -0.3 is 23.5 Å². The second-order valence-corrected chi connectivity index (χ2v) is 15.5. The first-order valence-corrected chi connectivity index (χ1v) is 20.2. The van der Waals surface area contributed by atoms with E-state index in [1.165, 1.54) is 7.11 Å². The van der Waals surface area contributed by atoms with Crippen LogP contribution in [0.3, 0.4) is 0 Å². The average molecular weight is 809 g/mol. The number of ether oxygens (including phenoxy) is 4. The Morgan fingerprint density at radius 3 is 2.58 bits per heavy atom. The molecule has 6 aromatic rings. The maximum absolute atomic E-state index is 15.4. The number of nitrogens with zero attached hydrogens (tertiary/aromatic N) is 5. The van der Waals surface area contributed by atoms with E-state index in [0.29, 0.717) is 97.5 Å². The number of thioether (sulfide) groups is 1. The zero-order chi connectivity index (χ0) is 38.8. The molecule has 3 aromatic carbocycles. The molecule has 0 fully saturated rings. The molecular formula is C41H44Cl2FN5O5S. The highest BCUT2D eigenvalue weighted by Crippen LogP contribution is 2.43. The summed E-state index contributed by atoms with van der Waals surface area (Å²) in [4.78, 5) is 13.5. The predicted molar refractivity (Wildman–Crippen MR) is 216 cm³/mol. The first-order chi connectivity index (χ1) is 26.6. The fraction of sp³-hybridized carbons (Fsp3) is 0.390. The summed E-state index contributed by atoms with van der Waals surface area (Å²) in [7, 11) is 5.00. The van der Waals surface area contributed by atoms with Crippen LogP contribution in [-0.4, -0.2) is 70.7 Å². The van der Waals surface area contributed by atoms with Crippen LogP contribution in [0.15, 0.2) is 42.5 Å². The summed E-state index contributed by atoms with van der Waals surface area (Å²) in [6.45, 7) is 6.79. The molecule has 290 valence electrons. The van der Waals surface area contributed by atoms with Crippen molar-refractivity contribution in [2.24, 2.45) is 7.05 Å². The fourth-order valence-corrected chi connectivity index (χ4v) is 8.83. The molecule has 0 spiro atoms. The van der Waals surface area contributed by atoms with Gasteiger partial charge in [0.05, 0.1) is 56.5 Å². The van der Waals surface area contributed by atoms with Crippen molar-refractivity contribution in [3.05, 3.63) is 97.9 Å². The van der Waals surface area contributed by atoms with E-state index in [1.54, 1.807) is 31.0 Å². The van der Waals surface area contributed by atoms with Crippen LogP contribution in [-0.2, 0) is 58.7 Å². The first kappa shape index (κ1) is 39.2. The zero-order valence-corrected chi connectivity index (χ0v) is 34.0. The van der Waals surface area contributed by atoms with Crippen molar-refractivity contribution in [1.82, 2.24) is 24.1 Å². The van der Waals surface area contributed by atoms with Crippen molar-refractivity contribution in [3.8, 4) is 16.9 Å². The Kier molecular flexibility index (Phi) is 12.1. The Balaban J connectivity index is 1.35. The second-order valence-electron chi connectivity index (χ2n) is 13.7. The molecule has 14 heteroatoms. The number of esters is 1. The largest absolute Gasteiger partial charge is 0.493 e. The van der Waals surface area contributed by atoms with Gasteiger partial charge in [-0.05, 0) is 86.7 Å². The number of carbonyl (C=O) groups excluding carboxylic acids is 1. The molecule has 0 radical (unpaired) electrons. The third-order valence-electron chi connectivity index (χ3n) is 10.2. The van der Waals surface area contributed by atoms with E-state index in [9.17, 15) is 4.79 Å². The molecule has 4 heterocycles. The molecule has 1 aliphatic rings. The van der Waals surface area contributed by atoms with Crippen LogP contribution in [0.5, 0.6) is 5.75 Å². The van der Waals surface area contributed by atoms with Gasteiger partial charge in [-0.25, -0.2) is 9.18 Å². The van der Waals surface area contributed by atoms with Gasteiger partial charge in [-0.3, -0.25) is 9.36 Å². The maximum atomic E-state index is 15.4. The molecule has 0 N–H and O–H groups in total. The van der Waals surface area contributed by atoms with Crippen LogP contribution in [0.4, 0.5) is 4.39 Å². The van der Waals surface area contributed by atoms with Crippen LogP contribution in [0.2, 0.25) is 10.0 Å². The van der Waals surface area contributed by atoms with Crippen molar-refractivity contribution >= 4 is 62.6 Å². The van der Waals surface area contributed by atoms with E-state index in [2.05, 4.69) is 13.0 Å². The number of hydrogen-bond donors (Lipinski definition) is 0. The Morgan fingerprint density at radius 2 is 1.78 bits per heavy atom. The molecule has 0 unspecified atom stereocenters. The van der Waals surface area contributed by atoms with Crippen LogP contribution in [0, 0.1) is 19.7 Å². The van der Waals surface area contributed by atoms with E-state index in [1.807, 2.05) is 52.2 Å². The van der Waals surface area contributed by atoms with Crippen molar-refractivity contribution in [3.63, 3.8) is 0 Å². The van der Waals surface area contributed by atoms with Gasteiger partial charge >= 0.3 is 5.97 Å². The Morgan fingerprint density at radius 1 is 0.964 bits per heavy atom. The van der Waals surface area contributed by atoms with E-state index in [-0.39, 0.29) is 5.02 Å². The molecule has 0 saturated carbocycles. The van der Waals surface area contributed by atoms with Crippen molar-refractivity contribution in [1.29, 1.82) is 0 Å². The monoisotopic (exact) mass is 807 g/mol. The van der Waals surface area contributed by atoms with Crippen molar-refractivity contribution in [2.75, 3.05) is 40.6 Å². The van der Waals surface area contributed by atoms with Crippen LogP contribution >= 0.6 is 35.0 Å². The molecule has 0 aliphatic carbocycles. The van der Waals surface area contributed by atoms with Gasteiger partial charge in [-0.1, -0.05) is 23.2 Å². The van der Waals surface area contributed by atoms with Crippen LogP contribution < -0.4 is 4.74 Å². The average Bonchev–Trinajstić information content (AvgIpc) is 3.79. The molecule has 0 atom stereocenters. The van der Waals surface area contributed by atoms with E-state index >= 15 is 4.39 Å². The molecule has 0 saturated heterocycles. The molecule has 55 heavy (non-hydrogen) atoms. The summed E-state index contributed by atoms with van der Waals surface area (Å²) in [6, 6.07) is 13.2. The van der Waals surface area contributed by atoms with Crippen molar-refractivity contribution in [2.45, 2.75) is 57.7 Å². The summed E-state index contributed by atoms with van der Waals surface area (Å²) < 4.78 is 44.0. The molecule has 7 rings (SSSR count). The first-order valence-electron chi connectivity index (χ1n) is 18.3. The van der Waals surface area contributed by atoms with Gasteiger partial charge in [0.1, 0.15) is 17.3 Å². The third-order valence-corrected chi connectivity index (χ3v) is 11.8. The number of aromatic nitrogens is 5. The number of halogens is 3. The lowest BCUT2D eigenvalue weighted by atomic mass is 9.97. The Labute approximate surface area is 333 Å². The van der Waals surface area contributed by atoms with E-state index < -0.39 is 11.8 Å². The SMILES string of the molecule is COCCOCCn1nc2c(c1C)-c1c(Cl)ccc3c1c(C)c(C(=O)OC)n3CCCOc1cc(cc3c(F)c(Cl)ccc13)CCc1cc(nn1C)CSC2. The standard InChI is InChI=1S/C41H44Cl2FN5O5S/c1-24-36-34-12-11-31(42)38(36)37-25(2)49(14-16-53-18-17-51-4)46-33(37)23-55-22-27-21-28(47(3)45-27)8-7-26-19-30-29(9-10-32(43)39(30)44)35(20-26)54-15-6-13-48(34)40(24)41(50)52-5/h9-12,19-21H,6-8,13-18,22-23H2,1-5H3. The minimum Gasteiger partial charge on any atom is -0.493 e. The van der Waals surface area contributed by atoms with Gasteiger partial charge in [0, 0.05) is 81.4 Å². The molecule has 8 bridgehead atoms. The Hall–Kier alpha value is -4.07. The number of fused-ring (bicyclic) bond motifs is 8. The van der Waals surface area contributed by atoms with Crippen molar-refractivity contribution < 1.29 is 28.1 Å². The van der Waals surface area contributed by atoms with E-state index in [0.717, 1.165) is 55.9 Å². The molecule has 10 nitrogen and oxygen atoms in total. The number of carbonyl (C=O) groups is 1. The van der Waals surface area contributed by atoms with E-state index in [4.69, 9.17) is 52.3 Å². The summed E-state index contributed by atoms with van der Waals surface area (Å²) in [6.07, 6.45) is 1.90. The Bertz CT molecular complexity index is 2390. The van der Waals surface area contributed by atoms with Gasteiger partial charge in [-0.15, -0.1) is 11.8 Å².